The van der Waals surface area contributed by atoms with Gasteiger partial charge in [0, 0.05) is 24.5 Å². The number of rotatable bonds is 5. The summed E-state index contributed by atoms with van der Waals surface area (Å²) in [5.74, 6) is -0.0137. The molecule has 28 heavy (non-hydrogen) atoms. The average Bonchev–Trinajstić information content (AvgIpc) is 2.71. The molecule has 0 aliphatic rings. The summed E-state index contributed by atoms with van der Waals surface area (Å²) in [4.78, 5) is 19.9. The monoisotopic (exact) mass is 387 g/mol. The fourth-order valence-corrected chi connectivity index (χ4v) is 2.73. The van der Waals surface area contributed by atoms with Crippen LogP contribution in [0.2, 0.25) is 0 Å². The molecule has 0 atom stereocenters. The van der Waals surface area contributed by atoms with Crippen LogP contribution in [0, 0.1) is 0 Å². The van der Waals surface area contributed by atoms with Gasteiger partial charge in [-0.2, -0.15) is 13.2 Å². The molecule has 0 saturated heterocycles. The number of para-hydroxylation sites is 1. The predicted octanol–water partition coefficient (Wildman–Crippen LogP) is 4.10. The molecule has 0 fully saturated rings. The summed E-state index contributed by atoms with van der Waals surface area (Å²) in [7, 11) is 1.48. The van der Waals surface area contributed by atoms with Gasteiger partial charge in [0.2, 0.25) is 0 Å². The number of nitrogens with one attached hydrogen (secondary N) is 1. The Bertz CT molecular complexity index is 976. The Morgan fingerprint density at radius 1 is 1.11 bits per heavy atom. The van der Waals surface area contributed by atoms with Crippen molar-refractivity contribution in [2.75, 3.05) is 7.11 Å². The van der Waals surface area contributed by atoms with E-state index in [1.165, 1.54) is 31.8 Å². The molecule has 0 unspecified atom stereocenters. The molecule has 0 radical (unpaired) electrons. The van der Waals surface area contributed by atoms with Crippen LogP contribution in [-0.4, -0.2) is 23.0 Å². The lowest BCUT2D eigenvalue weighted by Gasteiger charge is -2.16. The molecule has 0 spiro atoms. The zero-order chi connectivity index (χ0) is 20.1. The minimum absolute atomic E-state index is 0.0771. The smallest absolute Gasteiger partial charge is 0.416 e. The Balaban J connectivity index is 1.98. The number of hydrogen-bond donors (Lipinski definition) is 1. The van der Waals surface area contributed by atoms with E-state index in [4.69, 9.17) is 4.74 Å². The van der Waals surface area contributed by atoms with Crippen LogP contribution in [0.4, 0.5) is 13.2 Å². The third-order valence-electron chi connectivity index (χ3n) is 4.06. The van der Waals surface area contributed by atoms with Crippen LogP contribution < -0.4 is 10.1 Å². The van der Waals surface area contributed by atoms with Gasteiger partial charge in [0.25, 0.3) is 5.91 Å². The SMILES string of the molecule is COc1ccccc1-c1ccc(C(F)(F)F)cc1CNC(=O)c1cnccn1. The summed E-state index contributed by atoms with van der Waals surface area (Å²) in [5, 5.41) is 2.59. The van der Waals surface area contributed by atoms with Gasteiger partial charge >= 0.3 is 6.18 Å². The highest BCUT2D eigenvalue weighted by Crippen LogP contribution is 2.36. The van der Waals surface area contributed by atoms with Crippen LogP contribution in [0.25, 0.3) is 11.1 Å². The molecule has 3 aromatic rings. The highest BCUT2D eigenvalue weighted by Gasteiger charge is 2.31. The van der Waals surface area contributed by atoms with E-state index >= 15 is 0 Å². The molecule has 0 aliphatic heterocycles. The number of alkyl halides is 3. The largest absolute Gasteiger partial charge is 0.496 e. The number of carbonyl (C=O) groups excluding carboxylic acids is 1. The second kappa shape index (κ2) is 8.08. The van der Waals surface area contributed by atoms with Crippen LogP contribution in [0.15, 0.2) is 61.1 Å². The van der Waals surface area contributed by atoms with Crippen molar-refractivity contribution in [1.29, 1.82) is 0 Å². The standard InChI is InChI=1S/C20H16F3N3O2/c1-28-18-5-3-2-4-16(18)15-7-6-14(20(21,22)23)10-13(15)11-26-19(27)17-12-24-8-9-25-17/h2-10,12H,11H2,1H3,(H,26,27). The van der Waals surface area contributed by atoms with Crippen LogP contribution in [0.3, 0.4) is 0 Å². The number of aromatic nitrogens is 2. The predicted molar refractivity (Wildman–Crippen MR) is 96.6 cm³/mol. The summed E-state index contributed by atoms with van der Waals surface area (Å²) < 4.78 is 44.9. The van der Waals surface area contributed by atoms with E-state index in [1.54, 1.807) is 24.3 Å². The number of halogens is 3. The van der Waals surface area contributed by atoms with Gasteiger partial charge in [-0.05, 0) is 29.3 Å². The Morgan fingerprint density at radius 3 is 2.57 bits per heavy atom. The Morgan fingerprint density at radius 2 is 1.89 bits per heavy atom. The first-order valence-corrected chi connectivity index (χ1v) is 8.28. The quantitative estimate of drug-likeness (QED) is 0.716. The van der Waals surface area contributed by atoms with Crippen molar-refractivity contribution in [2.45, 2.75) is 12.7 Å². The molecule has 2 aromatic carbocycles. The summed E-state index contributed by atoms with van der Waals surface area (Å²) in [5.41, 5.74) is 0.743. The molecular formula is C20H16F3N3O2. The zero-order valence-corrected chi connectivity index (χ0v) is 14.8. The molecule has 8 heteroatoms. The number of hydrogen-bond acceptors (Lipinski definition) is 4. The van der Waals surface area contributed by atoms with Gasteiger partial charge in [0.15, 0.2) is 0 Å². The summed E-state index contributed by atoms with van der Waals surface area (Å²) in [6.07, 6.45) is -0.436. The third kappa shape index (κ3) is 4.28. The summed E-state index contributed by atoms with van der Waals surface area (Å²) in [6, 6.07) is 10.4. The number of methoxy groups -OCH3 is 1. The van der Waals surface area contributed by atoms with Gasteiger partial charge in [-0.3, -0.25) is 9.78 Å². The molecule has 1 N–H and O–H groups in total. The highest BCUT2D eigenvalue weighted by atomic mass is 19.4. The van der Waals surface area contributed by atoms with Gasteiger partial charge in [-0.25, -0.2) is 4.98 Å². The van der Waals surface area contributed by atoms with E-state index in [9.17, 15) is 18.0 Å². The maximum atomic E-state index is 13.2. The first-order chi connectivity index (χ1) is 13.4. The van der Waals surface area contributed by atoms with Gasteiger partial charge in [-0.15, -0.1) is 0 Å². The average molecular weight is 387 g/mol. The summed E-state index contributed by atoms with van der Waals surface area (Å²) >= 11 is 0. The topological polar surface area (TPSA) is 64.1 Å². The molecule has 144 valence electrons. The summed E-state index contributed by atoms with van der Waals surface area (Å²) in [6.45, 7) is -0.118. The van der Waals surface area contributed by atoms with Gasteiger partial charge < -0.3 is 10.1 Å². The van der Waals surface area contributed by atoms with Crippen LogP contribution in [-0.2, 0) is 12.7 Å². The van der Waals surface area contributed by atoms with E-state index in [0.29, 0.717) is 22.4 Å². The molecule has 3 rings (SSSR count). The van der Waals surface area contributed by atoms with Crippen LogP contribution >= 0.6 is 0 Å². The van der Waals surface area contributed by atoms with Crippen molar-refractivity contribution < 1.29 is 22.7 Å². The van der Waals surface area contributed by atoms with Gasteiger partial charge in [-0.1, -0.05) is 24.3 Å². The molecule has 5 nitrogen and oxygen atoms in total. The van der Waals surface area contributed by atoms with Crippen molar-refractivity contribution in [3.8, 4) is 16.9 Å². The van der Waals surface area contributed by atoms with Gasteiger partial charge in [0.05, 0.1) is 18.9 Å². The number of carbonyl (C=O) groups is 1. The fourth-order valence-electron chi connectivity index (χ4n) is 2.73. The minimum Gasteiger partial charge on any atom is -0.496 e. The molecule has 1 heterocycles. The molecule has 0 saturated carbocycles. The molecule has 1 aromatic heterocycles. The lowest BCUT2D eigenvalue weighted by molar-refractivity contribution is -0.137. The molecular weight excluding hydrogens is 371 g/mol. The first-order valence-electron chi connectivity index (χ1n) is 8.28. The van der Waals surface area contributed by atoms with E-state index in [0.717, 1.165) is 12.1 Å². The Labute approximate surface area is 159 Å². The Kier molecular flexibility index (Phi) is 5.58. The number of ether oxygens (including phenoxy) is 1. The zero-order valence-electron chi connectivity index (χ0n) is 14.8. The van der Waals surface area contributed by atoms with Crippen LogP contribution in [0.1, 0.15) is 21.6 Å². The van der Waals surface area contributed by atoms with E-state index in [2.05, 4.69) is 15.3 Å². The second-order valence-electron chi connectivity index (χ2n) is 5.84. The first kappa shape index (κ1) is 19.3. The third-order valence-corrected chi connectivity index (χ3v) is 4.06. The Hall–Kier alpha value is -3.42. The lowest BCUT2D eigenvalue weighted by atomic mass is 9.96. The number of nitrogens with zero attached hydrogens (tertiary/aromatic N) is 2. The maximum absolute atomic E-state index is 13.2. The van der Waals surface area contributed by atoms with Gasteiger partial charge in [0.1, 0.15) is 11.4 Å². The number of amides is 1. The highest BCUT2D eigenvalue weighted by molar-refractivity contribution is 5.92. The minimum atomic E-state index is -4.50. The molecule has 0 aliphatic carbocycles. The van der Waals surface area contributed by atoms with E-state index in [-0.39, 0.29) is 12.2 Å². The van der Waals surface area contributed by atoms with Crippen molar-refractivity contribution in [3.63, 3.8) is 0 Å². The molecule has 0 bridgehead atoms. The van der Waals surface area contributed by atoms with E-state index < -0.39 is 17.6 Å². The number of benzene rings is 2. The maximum Gasteiger partial charge on any atom is 0.416 e. The van der Waals surface area contributed by atoms with Crippen LogP contribution in [0.5, 0.6) is 5.75 Å². The van der Waals surface area contributed by atoms with Crippen molar-refractivity contribution >= 4 is 5.91 Å². The fraction of sp³-hybridized carbons (Fsp3) is 0.150. The lowest BCUT2D eigenvalue weighted by Crippen LogP contribution is -2.24. The second-order valence-corrected chi connectivity index (χ2v) is 5.84. The normalized spacial score (nSPS) is 11.1. The van der Waals surface area contributed by atoms with E-state index in [1.807, 2.05) is 0 Å². The van der Waals surface area contributed by atoms with Crippen molar-refractivity contribution in [3.05, 3.63) is 77.9 Å². The van der Waals surface area contributed by atoms with Crippen molar-refractivity contribution in [2.24, 2.45) is 0 Å². The van der Waals surface area contributed by atoms with Crippen molar-refractivity contribution in [1.82, 2.24) is 15.3 Å². The molecule has 1 amide bonds.